The molecule has 0 aliphatic heterocycles. The summed E-state index contributed by atoms with van der Waals surface area (Å²) in [5.74, 6) is -0.269. The van der Waals surface area contributed by atoms with Crippen molar-refractivity contribution >= 4 is 39.9 Å². The van der Waals surface area contributed by atoms with Crippen LogP contribution in [0, 0.1) is 0 Å². The molecule has 0 aliphatic rings. The van der Waals surface area contributed by atoms with Gasteiger partial charge < -0.3 is 4.74 Å². The van der Waals surface area contributed by atoms with E-state index in [2.05, 4.69) is 21.2 Å². The fraction of sp³-hybridized carbons (Fsp3) is 0.0526. The van der Waals surface area contributed by atoms with Crippen molar-refractivity contribution in [3.63, 3.8) is 0 Å². The third kappa shape index (κ3) is 5.23. The Morgan fingerprint density at radius 2 is 1.70 bits per heavy atom. The van der Waals surface area contributed by atoms with Crippen molar-refractivity contribution in [2.75, 3.05) is 6.61 Å². The number of fused-ring (bicyclic) bond motifs is 1. The first-order chi connectivity index (χ1) is 13.1. The monoisotopic (exact) mass is 380 g/mol. The van der Waals surface area contributed by atoms with Crippen LogP contribution in [0.1, 0.15) is 10.4 Å². The first kappa shape index (κ1) is 18.3. The molecule has 0 spiro atoms. The van der Waals surface area contributed by atoms with Crippen molar-refractivity contribution in [2.45, 2.75) is 0 Å². The molecule has 7 nitrogen and oxygen atoms in total. The van der Waals surface area contributed by atoms with Gasteiger partial charge in [0.15, 0.2) is 11.7 Å². The van der Waals surface area contributed by atoms with Gasteiger partial charge in [-0.25, -0.2) is 0 Å². The second-order valence-corrected chi connectivity index (χ2v) is 5.90. The SMILES string of the molecule is O=C(COc1ccc2ccccc2c1)NC(=S)NNC(=O)c1ccncc1. The molecule has 1 heterocycles. The first-order valence-corrected chi connectivity index (χ1v) is 8.44. The van der Waals surface area contributed by atoms with Gasteiger partial charge in [0, 0.05) is 18.0 Å². The summed E-state index contributed by atoms with van der Waals surface area (Å²) in [5.41, 5.74) is 5.25. The summed E-state index contributed by atoms with van der Waals surface area (Å²) >= 11 is 4.97. The number of carbonyl (C=O) groups is 2. The average Bonchev–Trinajstić information content (AvgIpc) is 2.71. The van der Waals surface area contributed by atoms with Gasteiger partial charge in [-0.05, 0) is 47.3 Å². The zero-order valence-corrected chi connectivity index (χ0v) is 15.0. The molecular weight excluding hydrogens is 364 g/mol. The summed E-state index contributed by atoms with van der Waals surface area (Å²) in [6, 6.07) is 16.5. The third-order valence-corrected chi connectivity index (χ3v) is 3.78. The van der Waals surface area contributed by atoms with E-state index in [9.17, 15) is 9.59 Å². The highest BCUT2D eigenvalue weighted by Crippen LogP contribution is 2.20. The predicted molar refractivity (Wildman–Crippen MR) is 105 cm³/mol. The van der Waals surface area contributed by atoms with Crippen LogP contribution in [0.5, 0.6) is 5.75 Å². The van der Waals surface area contributed by atoms with Gasteiger partial charge in [0.05, 0.1) is 0 Å². The van der Waals surface area contributed by atoms with E-state index in [1.165, 1.54) is 12.4 Å². The molecule has 2 aromatic carbocycles. The van der Waals surface area contributed by atoms with Crippen LogP contribution < -0.4 is 20.9 Å². The number of ether oxygens (including phenoxy) is 1. The van der Waals surface area contributed by atoms with Crippen LogP contribution in [-0.2, 0) is 4.79 Å². The molecule has 8 heteroatoms. The number of hydrogen-bond acceptors (Lipinski definition) is 5. The van der Waals surface area contributed by atoms with Gasteiger partial charge in [0.25, 0.3) is 11.8 Å². The highest BCUT2D eigenvalue weighted by atomic mass is 32.1. The maximum Gasteiger partial charge on any atom is 0.269 e. The number of aromatic nitrogens is 1. The molecule has 3 rings (SSSR count). The molecule has 3 aromatic rings. The number of hydrazine groups is 1. The third-order valence-electron chi connectivity index (χ3n) is 3.58. The van der Waals surface area contributed by atoms with Crippen LogP contribution in [0.3, 0.4) is 0 Å². The number of nitrogens with one attached hydrogen (secondary N) is 3. The standard InChI is InChI=1S/C19H16N4O3S/c24-17(12-26-16-6-5-13-3-1-2-4-15(13)11-16)21-19(27)23-22-18(25)14-7-9-20-10-8-14/h1-11H,12H2,(H,22,25)(H2,21,23,24,27). The van der Waals surface area contributed by atoms with Crippen molar-refractivity contribution in [2.24, 2.45) is 0 Å². The molecule has 0 unspecified atom stereocenters. The Morgan fingerprint density at radius 3 is 2.48 bits per heavy atom. The van der Waals surface area contributed by atoms with Gasteiger partial charge >= 0.3 is 0 Å². The lowest BCUT2D eigenvalue weighted by Gasteiger charge is -2.11. The molecule has 0 saturated heterocycles. The number of amides is 2. The summed E-state index contributed by atoms with van der Waals surface area (Å²) in [6.07, 6.45) is 3.00. The van der Waals surface area contributed by atoms with Crippen LogP contribution in [0.2, 0.25) is 0 Å². The molecule has 0 fully saturated rings. The number of nitrogens with zero attached hydrogens (tertiary/aromatic N) is 1. The van der Waals surface area contributed by atoms with Crippen LogP contribution in [-0.4, -0.2) is 28.5 Å². The number of pyridine rings is 1. The highest BCUT2D eigenvalue weighted by molar-refractivity contribution is 7.80. The average molecular weight is 380 g/mol. The van der Waals surface area contributed by atoms with Gasteiger partial charge in [-0.15, -0.1) is 0 Å². The van der Waals surface area contributed by atoms with Crippen molar-refractivity contribution in [1.29, 1.82) is 0 Å². The largest absolute Gasteiger partial charge is 0.484 e. The lowest BCUT2D eigenvalue weighted by Crippen LogP contribution is -2.49. The van der Waals surface area contributed by atoms with E-state index in [1.54, 1.807) is 18.2 Å². The molecule has 1 aromatic heterocycles. The summed E-state index contributed by atoms with van der Waals surface area (Å²) < 4.78 is 5.48. The fourth-order valence-electron chi connectivity index (χ4n) is 2.29. The topological polar surface area (TPSA) is 92.4 Å². The second-order valence-electron chi connectivity index (χ2n) is 5.49. The fourth-order valence-corrected chi connectivity index (χ4v) is 2.45. The van der Waals surface area contributed by atoms with E-state index in [1.807, 2.05) is 36.4 Å². The second kappa shape index (κ2) is 8.72. The summed E-state index contributed by atoms with van der Waals surface area (Å²) in [6.45, 7) is -0.210. The summed E-state index contributed by atoms with van der Waals surface area (Å²) in [4.78, 5) is 27.6. The molecule has 0 bridgehead atoms. The minimum Gasteiger partial charge on any atom is -0.484 e. The highest BCUT2D eigenvalue weighted by Gasteiger charge is 2.08. The molecule has 0 radical (unpaired) electrons. The van der Waals surface area contributed by atoms with Crippen LogP contribution >= 0.6 is 12.2 Å². The maximum absolute atomic E-state index is 11.9. The Hall–Kier alpha value is -3.52. The molecule has 0 atom stereocenters. The molecule has 136 valence electrons. The van der Waals surface area contributed by atoms with Crippen LogP contribution in [0.25, 0.3) is 10.8 Å². The van der Waals surface area contributed by atoms with Gasteiger partial charge in [-0.2, -0.15) is 0 Å². The molecular formula is C19H16N4O3S. The minimum absolute atomic E-state index is 0.0375. The van der Waals surface area contributed by atoms with Gasteiger partial charge in [-0.3, -0.25) is 30.7 Å². The Morgan fingerprint density at radius 1 is 0.963 bits per heavy atom. The Bertz CT molecular complexity index is 979. The maximum atomic E-state index is 11.9. The van der Waals surface area contributed by atoms with Gasteiger partial charge in [-0.1, -0.05) is 30.3 Å². The van der Waals surface area contributed by atoms with Crippen molar-refractivity contribution in [1.82, 2.24) is 21.2 Å². The minimum atomic E-state index is -0.446. The van der Waals surface area contributed by atoms with E-state index >= 15 is 0 Å². The van der Waals surface area contributed by atoms with Gasteiger partial charge in [0.2, 0.25) is 0 Å². The number of benzene rings is 2. The molecule has 0 aliphatic carbocycles. The number of rotatable bonds is 4. The smallest absolute Gasteiger partial charge is 0.269 e. The van der Waals surface area contributed by atoms with E-state index in [0.29, 0.717) is 11.3 Å². The zero-order chi connectivity index (χ0) is 19.1. The lowest BCUT2D eigenvalue weighted by molar-refractivity contribution is -0.121. The van der Waals surface area contributed by atoms with E-state index < -0.39 is 11.8 Å². The molecule has 2 amide bonds. The normalized spacial score (nSPS) is 10.1. The summed E-state index contributed by atoms with van der Waals surface area (Å²) in [7, 11) is 0. The molecule has 0 saturated carbocycles. The molecule has 3 N–H and O–H groups in total. The predicted octanol–water partition coefficient (Wildman–Crippen LogP) is 1.95. The Balaban J connectivity index is 1.44. The van der Waals surface area contributed by atoms with Crippen molar-refractivity contribution in [3.8, 4) is 5.75 Å². The van der Waals surface area contributed by atoms with Crippen molar-refractivity contribution in [3.05, 3.63) is 72.6 Å². The number of carbonyl (C=O) groups excluding carboxylic acids is 2. The zero-order valence-electron chi connectivity index (χ0n) is 14.1. The van der Waals surface area contributed by atoms with Crippen LogP contribution in [0.15, 0.2) is 67.0 Å². The number of hydrogen-bond donors (Lipinski definition) is 3. The first-order valence-electron chi connectivity index (χ1n) is 8.03. The molecule has 27 heavy (non-hydrogen) atoms. The number of thiocarbonyl (C=S) groups is 1. The lowest BCUT2D eigenvalue weighted by atomic mass is 10.1. The summed E-state index contributed by atoms with van der Waals surface area (Å²) in [5, 5.41) is 4.49. The quantitative estimate of drug-likeness (QED) is 0.473. The van der Waals surface area contributed by atoms with Crippen LogP contribution in [0.4, 0.5) is 0 Å². The van der Waals surface area contributed by atoms with E-state index in [0.717, 1.165) is 10.8 Å². The van der Waals surface area contributed by atoms with Crippen molar-refractivity contribution < 1.29 is 14.3 Å². The Kier molecular flexibility index (Phi) is 5.91. The van der Waals surface area contributed by atoms with E-state index in [4.69, 9.17) is 17.0 Å². The van der Waals surface area contributed by atoms with Gasteiger partial charge in [0.1, 0.15) is 5.75 Å². The Labute approximate surface area is 160 Å². The van der Waals surface area contributed by atoms with E-state index in [-0.39, 0.29) is 11.7 Å².